The quantitative estimate of drug-likeness (QED) is 0.0341. The van der Waals surface area contributed by atoms with E-state index in [0.29, 0.717) is 76.0 Å². The van der Waals surface area contributed by atoms with Crippen LogP contribution in [0.15, 0.2) is 189 Å². The number of hydrogen-bond acceptors (Lipinski definition) is 16. The van der Waals surface area contributed by atoms with Crippen molar-refractivity contribution in [3.05, 3.63) is 296 Å². The number of ether oxygens (including phenoxy) is 1. The van der Waals surface area contributed by atoms with Crippen molar-refractivity contribution in [2.24, 2.45) is 7.05 Å². The maximum atomic E-state index is 12.6. The standard InChI is InChI=1S/C18H14ClN3O4.C18H16ClN3O3.C17H14ClN3O3.C16H11ClIN3O2/c1-26-18(25)11-4-7-14-13(8-11)16(23)15(22-21-14)17(24)20-9-10-2-5-12(19)6-3-10;1-22-15-7-4-12(10-23)8-14(15)17(24)16(21-22)18(25)20-9-11-2-5-13(19)6-3-11;18-12-4-1-10(2-5-12)8-19-17(24)15-16(23)13-7-11(9-22)3-6-14(13)20-21-15;17-10-3-1-9(2-4-10)8-19-16(23)14-15(22)12-7-11(18)5-6-13(12)20-21-14/h2-8H,9H2,1H3,(H,20,24)(H,21,23);2-8,23H,9-10H2,1H3,(H,20,25);1-7,22H,8-9H2,(H,19,24)(H,20,23);1-7H,8H2,(H,19,23)(H,20,22). The fourth-order valence-electron chi connectivity index (χ4n) is 9.34. The van der Waals surface area contributed by atoms with Gasteiger partial charge in [-0.1, -0.05) is 107 Å². The van der Waals surface area contributed by atoms with Crippen molar-refractivity contribution in [3.63, 3.8) is 0 Å². The summed E-state index contributed by atoms with van der Waals surface area (Å²) in [6, 6.07) is 47.7. The number of carbonyl (C=O) groups excluding carboxylic acids is 5. The lowest BCUT2D eigenvalue weighted by atomic mass is 10.1. The van der Waals surface area contributed by atoms with E-state index in [0.717, 1.165) is 25.8 Å². The van der Waals surface area contributed by atoms with Gasteiger partial charge in [-0.25, -0.2) is 4.79 Å². The smallest absolute Gasteiger partial charge is 0.337 e. The van der Waals surface area contributed by atoms with Gasteiger partial charge in [-0.3, -0.25) is 58.3 Å². The summed E-state index contributed by atoms with van der Waals surface area (Å²) in [5.41, 5.74) is 4.22. The molecule has 4 heterocycles. The van der Waals surface area contributed by atoms with Crippen LogP contribution in [-0.4, -0.2) is 87.3 Å². The van der Waals surface area contributed by atoms with Crippen molar-refractivity contribution in [2.75, 3.05) is 7.11 Å². The summed E-state index contributed by atoms with van der Waals surface area (Å²) in [7, 11) is 2.91. The molecular weight excluding hydrogens is 1460 g/mol. The number of aromatic nitrogens is 8. The predicted molar refractivity (Wildman–Crippen MR) is 380 cm³/mol. The van der Waals surface area contributed by atoms with Gasteiger partial charge < -0.3 is 36.2 Å². The van der Waals surface area contributed by atoms with E-state index in [1.807, 2.05) is 18.2 Å². The minimum atomic E-state index is -0.619. The van der Waals surface area contributed by atoms with Crippen LogP contribution in [0, 0.1) is 3.57 Å². The molecule has 9 N–H and O–H groups in total. The number of aliphatic hydroxyl groups is 2. The molecule has 0 unspecified atom stereocenters. The lowest BCUT2D eigenvalue weighted by Crippen LogP contribution is -2.31. The van der Waals surface area contributed by atoms with Crippen LogP contribution < -0.4 is 43.0 Å². The first-order chi connectivity index (χ1) is 47.1. The second kappa shape index (κ2) is 33.4. The summed E-state index contributed by atoms with van der Waals surface area (Å²) in [6.45, 7) is 0.662. The summed E-state index contributed by atoms with van der Waals surface area (Å²) in [5.74, 6) is -2.82. The molecule has 29 heteroatoms. The first kappa shape index (κ1) is 71.8. The average Bonchev–Trinajstić information content (AvgIpc) is 0.790. The van der Waals surface area contributed by atoms with Gasteiger partial charge in [0.2, 0.25) is 21.7 Å². The molecule has 24 nitrogen and oxygen atoms in total. The molecule has 0 saturated carbocycles. The van der Waals surface area contributed by atoms with Gasteiger partial charge in [-0.15, -0.1) is 0 Å². The maximum absolute atomic E-state index is 12.6. The number of hydrogen-bond donors (Lipinski definition) is 9. The molecule has 0 bridgehead atoms. The molecule has 0 aliphatic rings. The molecule has 0 spiro atoms. The molecule has 4 aromatic heterocycles. The molecule has 0 atom stereocenters. The highest BCUT2D eigenvalue weighted by molar-refractivity contribution is 14.1. The summed E-state index contributed by atoms with van der Waals surface area (Å²) < 4.78 is 7.04. The Kier molecular flexibility index (Phi) is 24.5. The van der Waals surface area contributed by atoms with Crippen LogP contribution in [0.1, 0.15) is 85.7 Å². The molecule has 98 heavy (non-hydrogen) atoms. The van der Waals surface area contributed by atoms with Crippen molar-refractivity contribution in [3.8, 4) is 0 Å². The van der Waals surface area contributed by atoms with E-state index in [9.17, 15) is 53.4 Å². The number of halogens is 5. The first-order valence-corrected chi connectivity index (χ1v) is 31.8. The van der Waals surface area contributed by atoms with Gasteiger partial charge in [-0.05, 0) is 165 Å². The minimum Gasteiger partial charge on any atom is -0.465 e. The summed E-state index contributed by atoms with van der Waals surface area (Å²) >= 11 is 25.4. The third kappa shape index (κ3) is 18.3. The van der Waals surface area contributed by atoms with Crippen LogP contribution in [0.2, 0.25) is 20.1 Å². The molecule has 0 saturated heterocycles. The fourth-order valence-corrected chi connectivity index (χ4v) is 10.3. The van der Waals surface area contributed by atoms with E-state index in [1.165, 1.54) is 30.0 Å². The summed E-state index contributed by atoms with van der Waals surface area (Å²) in [6.07, 6.45) is 0. The number of amides is 4. The Morgan fingerprint density at radius 2 is 0.745 bits per heavy atom. The molecular formula is C69H55Cl4IN12O12. The fraction of sp³-hybridized carbons (Fsp3) is 0.116. The third-order valence-corrected chi connectivity index (χ3v) is 16.2. The number of nitrogens with zero attached hydrogens (tertiary/aromatic N) is 5. The zero-order valence-electron chi connectivity index (χ0n) is 51.5. The first-order valence-electron chi connectivity index (χ1n) is 29.2. The number of H-pyrrole nitrogens is 3. The lowest BCUT2D eigenvalue weighted by Gasteiger charge is -2.09. The Balaban J connectivity index is 0.000000153. The van der Waals surface area contributed by atoms with Gasteiger partial charge in [0, 0.05) is 62.3 Å². The highest BCUT2D eigenvalue weighted by atomic mass is 127. The second-order valence-electron chi connectivity index (χ2n) is 21.2. The SMILES string of the molecule is COC(=O)c1ccc2[nH]nc(C(=O)NCc3ccc(Cl)cc3)c(=O)c2c1.Cn1nc(C(=O)NCc2ccc(Cl)cc2)c(=O)c2cc(CO)ccc21.O=C(NCc1ccc(Cl)cc1)c1n[nH]c2ccc(CO)cc2c1=O.O=C(NCc1ccc(Cl)cc1)c1n[nH]c2ccc(I)cc2c1=O. The van der Waals surface area contributed by atoms with Crippen LogP contribution in [-0.2, 0) is 51.2 Å². The molecule has 8 aromatic carbocycles. The number of rotatable bonds is 15. The zero-order valence-corrected chi connectivity index (χ0v) is 56.7. The van der Waals surface area contributed by atoms with Crippen molar-refractivity contribution >= 4 is 142 Å². The molecule has 0 radical (unpaired) electrons. The van der Waals surface area contributed by atoms with Crippen molar-refractivity contribution in [1.29, 1.82) is 0 Å². The molecule has 0 aliphatic carbocycles. The van der Waals surface area contributed by atoms with E-state index in [2.05, 4.69) is 84.3 Å². The Morgan fingerprint density at radius 1 is 0.429 bits per heavy atom. The highest BCUT2D eigenvalue weighted by Crippen LogP contribution is 2.18. The number of aryl methyl sites for hydroxylation is 1. The van der Waals surface area contributed by atoms with E-state index in [4.69, 9.17) is 46.4 Å². The highest BCUT2D eigenvalue weighted by Gasteiger charge is 2.21. The Hall–Kier alpha value is -10.5. The van der Waals surface area contributed by atoms with Crippen LogP contribution >= 0.6 is 69.0 Å². The summed E-state index contributed by atoms with van der Waals surface area (Å²) in [4.78, 5) is 111. The van der Waals surface area contributed by atoms with E-state index in [-0.39, 0.29) is 72.0 Å². The van der Waals surface area contributed by atoms with Crippen molar-refractivity contribution in [2.45, 2.75) is 39.4 Å². The van der Waals surface area contributed by atoms with Gasteiger partial charge in [0.05, 0.1) is 64.1 Å². The number of benzene rings is 8. The predicted octanol–water partition coefficient (Wildman–Crippen LogP) is 9.41. The van der Waals surface area contributed by atoms with E-state index >= 15 is 0 Å². The zero-order chi connectivity index (χ0) is 70.2. The number of nitrogens with one attached hydrogen (secondary N) is 7. The van der Waals surface area contributed by atoms with Crippen LogP contribution in [0.4, 0.5) is 0 Å². The lowest BCUT2D eigenvalue weighted by molar-refractivity contribution is 0.0600. The van der Waals surface area contributed by atoms with Gasteiger partial charge in [-0.2, -0.15) is 20.4 Å². The molecule has 12 aromatic rings. The number of aromatic amines is 3. The normalized spacial score (nSPS) is 10.7. The molecule has 0 fully saturated rings. The topological polar surface area (TPSA) is 355 Å². The third-order valence-electron chi connectivity index (χ3n) is 14.6. The molecule has 4 amide bonds. The van der Waals surface area contributed by atoms with Crippen LogP contribution in [0.25, 0.3) is 43.6 Å². The molecule has 0 aliphatic heterocycles. The van der Waals surface area contributed by atoms with Crippen molar-refractivity contribution in [1.82, 2.24) is 61.6 Å². The molecule has 12 rings (SSSR count). The van der Waals surface area contributed by atoms with Gasteiger partial charge in [0.1, 0.15) is 0 Å². The number of aliphatic hydroxyl groups excluding tert-OH is 2. The van der Waals surface area contributed by atoms with Gasteiger partial charge in [0.15, 0.2) is 22.8 Å². The maximum Gasteiger partial charge on any atom is 0.337 e. The average molecular weight is 1510 g/mol. The monoisotopic (exact) mass is 1510 g/mol. The summed E-state index contributed by atoms with van der Waals surface area (Å²) in [5, 5.41) is 56.6. The Bertz CT molecular complexity index is 5230. The van der Waals surface area contributed by atoms with E-state index < -0.39 is 45.9 Å². The Morgan fingerprint density at radius 3 is 1.13 bits per heavy atom. The largest absolute Gasteiger partial charge is 0.465 e. The van der Waals surface area contributed by atoms with Crippen LogP contribution in [0.3, 0.4) is 0 Å². The van der Waals surface area contributed by atoms with Crippen molar-refractivity contribution < 1.29 is 38.9 Å². The second-order valence-corrected chi connectivity index (χ2v) is 24.2. The number of methoxy groups -OCH3 is 1. The number of carbonyl (C=O) groups is 5. The minimum absolute atomic E-state index is 0.145. The van der Waals surface area contributed by atoms with Gasteiger partial charge >= 0.3 is 5.97 Å². The number of esters is 1. The number of fused-ring (bicyclic) bond motifs is 4. The molecule has 498 valence electrons. The van der Waals surface area contributed by atoms with Crippen LogP contribution in [0.5, 0.6) is 0 Å². The Labute approximate surface area is 588 Å². The van der Waals surface area contributed by atoms with Gasteiger partial charge in [0.25, 0.3) is 23.6 Å². The van der Waals surface area contributed by atoms with E-state index in [1.54, 1.807) is 141 Å².